The normalized spacial score (nSPS) is 15.6. The maximum absolute atomic E-state index is 12.4. The van der Waals surface area contributed by atoms with Gasteiger partial charge in [0.25, 0.3) is 5.91 Å². The summed E-state index contributed by atoms with van der Waals surface area (Å²) >= 11 is 11.9. The van der Waals surface area contributed by atoms with Crippen LogP contribution in [0.4, 0.5) is 0 Å². The van der Waals surface area contributed by atoms with E-state index >= 15 is 0 Å². The number of carbonyl (C=O) groups is 1. The second-order valence-electron chi connectivity index (χ2n) is 3.87. The highest BCUT2D eigenvalue weighted by atomic mass is 35.5. The Morgan fingerprint density at radius 3 is 2.61 bits per heavy atom. The van der Waals surface area contributed by atoms with Crippen molar-refractivity contribution in [1.29, 1.82) is 0 Å². The van der Waals surface area contributed by atoms with Gasteiger partial charge < -0.3 is 14.4 Å². The first-order valence-corrected chi connectivity index (χ1v) is 6.29. The van der Waals surface area contributed by atoms with Crippen LogP contribution in [-0.2, 0) is 4.74 Å². The largest absolute Gasteiger partial charge is 0.494 e. The van der Waals surface area contributed by atoms with Crippen LogP contribution in [0.15, 0.2) is 12.1 Å². The number of amides is 1. The van der Waals surface area contributed by atoms with E-state index in [-0.39, 0.29) is 5.91 Å². The van der Waals surface area contributed by atoms with E-state index in [9.17, 15) is 4.79 Å². The van der Waals surface area contributed by atoms with E-state index in [1.54, 1.807) is 17.0 Å². The van der Waals surface area contributed by atoms with E-state index in [1.807, 2.05) is 0 Å². The molecule has 1 aromatic rings. The summed E-state index contributed by atoms with van der Waals surface area (Å²) in [6.07, 6.45) is 0. The lowest BCUT2D eigenvalue weighted by Gasteiger charge is -2.27. The van der Waals surface area contributed by atoms with E-state index < -0.39 is 0 Å². The third kappa shape index (κ3) is 2.71. The van der Waals surface area contributed by atoms with Crippen molar-refractivity contribution in [3.8, 4) is 5.75 Å². The highest BCUT2D eigenvalue weighted by molar-refractivity contribution is 6.36. The average molecular weight is 290 g/mol. The van der Waals surface area contributed by atoms with Crippen LogP contribution in [0.25, 0.3) is 0 Å². The Morgan fingerprint density at radius 2 is 2.00 bits per heavy atom. The van der Waals surface area contributed by atoms with Crippen LogP contribution in [-0.4, -0.2) is 44.2 Å². The molecule has 0 aromatic heterocycles. The molecule has 1 saturated heterocycles. The van der Waals surface area contributed by atoms with Crippen molar-refractivity contribution >= 4 is 29.1 Å². The van der Waals surface area contributed by atoms with Gasteiger partial charge in [0, 0.05) is 18.1 Å². The molecule has 0 radical (unpaired) electrons. The number of benzene rings is 1. The third-order valence-electron chi connectivity index (χ3n) is 2.74. The van der Waals surface area contributed by atoms with Crippen molar-refractivity contribution < 1.29 is 14.3 Å². The Labute approximate surface area is 115 Å². The van der Waals surface area contributed by atoms with Gasteiger partial charge in [0.15, 0.2) is 0 Å². The van der Waals surface area contributed by atoms with Crippen LogP contribution in [0.3, 0.4) is 0 Å². The summed E-state index contributed by atoms with van der Waals surface area (Å²) in [6.45, 7) is 2.21. The van der Waals surface area contributed by atoms with Crippen molar-refractivity contribution in [3.63, 3.8) is 0 Å². The summed E-state index contributed by atoms with van der Waals surface area (Å²) in [6, 6.07) is 3.13. The number of ether oxygens (including phenoxy) is 2. The first-order chi connectivity index (χ1) is 8.63. The molecular formula is C12H13Cl2NO3. The second-order valence-corrected chi connectivity index (χ2v) is 4.72. The molecule has 0 saturated carbocycles. The molecule has 0 bridgehead atoms. The first-order valence-electron chi connectivity index (χ1n) is 5.53. The average Bonchev–Trinajstić information content (AvgIpc) is 2.38. The minimum atomic E-state index is -0.139. The Hall–Kier alpha value is -0.970. The monoisotopic (exact) mass is 289 g/mol. The van der Waals surface area contributed by atoms with Crippen molar-refractivity contribution in [2.75, 3.05) is 33.4 Å². The molecule has 0 spiro atoms. The maximum atomic E-state index is 12.4. The lowest BCUT2D eigenvalue weighted by molar-refractivity contribution is 0.0301. The smallest absolute Gasteiger partial charge is 0.257 e. The van der Waals surface area contributed by atoms with E-state index in [2.05, 4.69) is 0 Å². The predicted octanol–water partition coefficient (Wildman–Crippen LogP) is 2.47. The zero-order chi connectivity index (χ0) is 13.1. The number of carbonyl (C=O) groups excluding carboxylic acids is 1. The molecule has 2 rings (SSSR count). The number of hydrogen-bond acceptors (Lipinski definition) is 3. The van der Waals surface area contributed by atoms with Gasteiger partial charge >= 0.3 is 0 Å². The van der Waals surface area contributed by atoms with Crippen LogP contribution >= 0.6 is 23.2 Å². The summed E-state index contributed by atoms with van der Waals surface area (Å²) in [5.74, 6) is 0.220. The molecule has 1 aromatic carbocycles. The lowest BCUT2D eigenvalue weighted by Crippen LogP contribution is -2.40. The minimum absolute atomic E-state index is 0.139. The summed E-state index contributed by atoms with van der Waals surface area (Å²) in [5.41, 5.74) is 0.386. The van der Waals surface area contributed by atoms with Crippen LogP contribution < -0.4 is 4.74 Å². The fourth-order valence-corrected chi connectivity index (χ4v) is 2.43. The fraction of sp³-hybridized carbons (Fsp3) is 0.417. The van der Waals surface area contributed by atoms with Crippen LogP contribution in [0.5, 0.6) is 5.75 Å². The SMILES string of the molecule is COc1c(Cl)cc(Cl)cc1C(=O)N1CCOCC1. The third-order valence-corrected chi connectivity index (χ3v) is 3.24. The zero-order valence-corrected chi connectivity index (χ0v) is 11.4. The van der Waals surface area contributed by atoms with Gasteiger partial charge in [-0.15, -0.1) is 0 Å². The first kappa shape index (κ1) is 13.5. The van der Waals surface area contributed by atoms with Gasteiger partial charge in [-0.2, -0.15) is 0 Å². The molecule has 98 valence electrons. The summed E-state index contributed by atoms with van der Waals surface area (Å²) in [4.78, 5) is 14.1. The van der Waals surface area contributed by atoms with E-state index in [0.717, 1.165) is 0 Å². The summed E-state index contributed by atoms with van der Waals surface area (Å²) in [5, 5.41) is 0.749. The second kappa shape index (κ2) is 5.78. The quantitative estimate of drug-likeness (QED) is 0.840. The number of nitrogens with zero attached hydrogens (tertiary/aromatic N) is 1. The standard InChI is InChI=1S/C12H13Cl2NO3/c1-17-11-9(6-8(13)7-10(11)14)12(16)15-2-4-18-5-3-15/h6-7H,2-5H2,1H3. The van der Waals surface area contributed by atoms with E-state index in [0.29, 0.717) is 47.7 Å². The molecule has 0 aliphatic carbocycles. The van der Waals surface area contributed by atoms with E-state index in [1.165, 1.54) is 7.11 Å². The number of morpholine rings is 1. The van der Waals surface area contributed by atoms with Gasteiger partial charge in [0.1, 0.15) is 5.75 Å². The van der Waals surface area contributed by atoms with Gasteiger partial charge in [-0.05, 0) is 12.1 Å². The molecule has 4 nitrogen and oxygen atoms in total. The van der Waals surface area contributed by atoms with Crippen molar-refractivity contribution in [2.45, 2.75) is 0 Å². The number of halogens is 2. The molecule has 1 aliphatic rings. The molecule has 18 heavy (non-hydrogen) atoms. The number of methoxy groups -OCH3 is 1. The topological polar surface area (TPSA) is 38.8 Å². The Bertz CT molecular complexity index is 459. The van der Waals surface area contributed by atoms with Gasteiger partial charge in [-0.1, -0.05) is 23.2 Å². The van der Waals surface area contributed by atoms with Crippen LogP contribution in [0, 0.1) is 0 Å². The fourth-order valence-electron chi connectivity index (χ4n) is 1.86. The van der Waals surface area contributed by atoms with Gasteiger partial charge in [-0.3, -0.25) is 4.79 Å². The minimum Gasteiger partial charge on any atom is -0.494 e. The number of hydrogen-bond donors (Lipinski definition) is 0. The molecule has 1 amide bonds. The number of rotatable bonds is 2. The Balaban J connectivity index is 2.33. The molecule has 0 atom stereocenters. The molecule has 6 heteroatoms. The molecular weight excluding hydrogens is 277 g/mol. The van der Waals surface area contributed by atoms with Gasteiger partial charge in [0.2, 0.25) is 0 Å². The van der Waals surface area contributed by atoms with Crippen LogP contribution in [0.1, 0.15) is 10.4 Å². The summed E-state index contributed by atoms with van der Waals surface area (Å²) in [7, 11) is 1.48. The lowest BCUT2D eigenvalue weighted by atomic mass is 10.1. The van der Waals surface area contributed by atoms with Crippen molar-refractivity contribution in [2.24, 2.45) is 0 Å². The Morgan fingerprint density at radius 1 is 1.33 bits per heavy atom. The zero-order valence-electron chi connectivity index (χ0n) is 9.91. The highest BCUT2D eigenvalue weighted by Gasteiger charge is 2.23. The highest BCUT2D eigenvalue weighted by Crippen LogP contribution is 2.33. The molecule has 0 N–H and O–H groups in total. The van der Waals surface area contributed by atoms with E-state index in [4.69, 9.17) is 32.7 Å². The Kier molecular flexibility index (Phi) is 4.32. The van der Waals surface area contributed by atoms with Gasteiger partial charge in [-0.25, -0.2) is 0 Å². The molecule has 1 aliphatic heterocycles. The summed E-state index contributed by atoms with van der Waals surface area (Å²) < 4.78 is 10.4. The van der Waals surface area contributed by atoms with Crippen molar-refractivity contribution in [3.05, 3.63) is 27.7 Å². The van der Waals surface area contributed by atoms with Gasteiger partial charge in [0.05, 0.1) is 30.9 Å². The van der Waals surface area contributed by atoms with Crippen molar-refractivity contribution in [1.82, 2.24) is 4.90 Å². The molecule has 1 fully saturated rings. The predicted molar refractivity (Wildman–Crippen MR) is 69.7 cm³/mol. The maximum Gasteiger partial charge on any atom is 0.257 e. The van der Waals surface area contributed by atoms with Crippen LogP contribution in [0.2, 0.25) is 10.0 Å². The molecule has 1 heterocycles. The molecule has 0 unspecified atom stereocenters.